The molecule has 0 saturated carbocycles. The number of alkyl halides is 3. The van der Waals surface area contributed by atoms with E-state index in [2.05, 4.69) is 9.50 Å². The number of carbonyl (C=O) groups excluding carboxylic acids is 2. The number of rotatable bonds is 9. The lowest BCUT2D eigenvalue weighted by Gasteiger charge is -2.24. The van der Waals surface area contributed by atoms with Crippen LogP contribution in [-0.2, 0) is 14.9 Å². The first-order chi connectivity index (χ1) is 19.0. The molecule has 41 heavy (non-hydrogen) atoms. The molecule has 0 spiro atoms. The van der Waals surface area contributed by atoms with E-state index in [0.717, 1.165) is 30.3 Å². The normalized spacial score (nSPS) is 12.9. The predicted molar refractivity (Wildman–Crippen MR) is 140 cm³/mol. The van der Waals surface area contributed by atoms with Gasteiger partial charge in [0.05, 0.1) is 11.6 Å². The summed E-state index contributed by atoms with van der Waals surface area (Å²) < 4.78 is 97.6. The van der Waals surface area contributed by atoms with Gasteiger partial charge in [-0.25, -0.2) is 13.6 Å². The van der Waals surface area contributed by atoms with Crippen molar-refractivity contribution < 1.29 is 48.9 Å². The van der Waals surface area contributed by atoms with Crippen molar-refractivity contribution in [2.24, 2.45) is 0 Å². The molecule has 13 heteroatoms. The molecule has 0 saturated heterocycles. The lowest BCUT2D eigenvalue weighted by atomic mass is 9.96. The molecule has 3 aromatic rings. The Bertz CT molecular complexity index is 1480. The Labute approximate surface area is 233 Å². The maximum Gasteiger partial charge on any atom is 0.534 e. The minimum absolute atomic E-state index is 0.0229. The Morgan fingerprint density at radius 2 is 1.37 bits per heavy atom. The van der Waals surface area contributed by atoms with Gasteiger partial charge >= 0.3 is 21.7 Å². The molecule has 1 N–H and O–H groups in total. The fourth-order valence-electron chi connectivity index (χ4n) is 3.72. The highest BCUT2D eigenvalue weighted by Gasteiger charge is 2.48. The third kappa shape index (κ3) is 8.49. The summed E-state index contributed by atoms with van der Waals surface area (Å²) in [5.74, 6) is -3.31. The zero-order valence-electron chi connectivity index (χ0n) is 22.1. The summed E-state index contributed by atoms with van der Waals surface area (Å²) >= 11 is 0. The van der Waals surface area contributed by atoms with E-state index in [-0.39, 0.29) is 12.8 Å². The number of nitrogens with one attached hydrogen (secondary N) is 1. The van der Waals surface area contributed by atoms with Gasteiger partial charge in [-0.3, -0.25) is 4.79 Å². The molecule has 7 nitrogen and oxygen atoms in total. The molecule has 0 unspecified atom stereocenters. The Balaban J connectivity index is 1.80. The van der Waals surface area contributed by atoms with Crippen LogP contribution in [-0.4, -0.2) is 31.4 Å². The number of carbonyl (C=O) groups is 2. The van der Waals surface area contributed by atoms with E-state index < -0.39 is 62.1 Å². The Morgan fingerprint density at radius 3 is 1.85 bits per heavy atom. The second-order valence-electron chi connectivity index (χ2n) is 9.89. The van der Waals surface area contributed by atoms with Gasteiger partial charge in [0.2, 0.25) is 0 Å². The summed E-state index contributed by atoms with van der Waals surface area (Å²) in [4.78, 5) is 25.1. The molecule has 3 aromatic carbocycles. The molecule has 0 radical (unpaired) electrons. The lowest BCUT2D eigenvalue weighted by Crippen LogP contribution is -2.35. The molecule has 3 rings (SSSR count). The first-order valence-corrected chi connectivity index (χ1v) is 13.6. The molecule has 0 heterocycles. The van der Waals surface area contributed by atoms with Crippen LogP contribution in [0.25, 0.3) is 11.1 Å². The highest BCUT2D eigenvalue weighted by atomic mass is 32.2. The Kier molecular flexibility index (Phi) is 9.42. The van der Waals surface area contributed by atoms with Gasteiger partial charge in [0.25, 0.3) is 0 Å². The minimum Gasteiger partial charge on any atom is -0.444 e. The number of ketones is 1. The minimum atomic E-state index is -5.81. The molecule has 0 aliphatic heterocycles. The summed E-state index contributed by atoms with van der Waals surface area (Å²) in [5, 5.41) is 2.66. The molecule has 0 fully saturated rings. The van der Waals surface area contributed by atoms with Crippen molar-refractivity contribution >= 4 is 22.0 Å². The van der Waals surface area contributed by atoms with Gasteiger partial charge in [-0.1, -0.05) is 42.5 Å². The van der Waals surface area contributed by atoms with Gasteiger partial charge in [0.1, 0.15) is 23.0 Å². The molecule has 0 aliphatic carbocycles. The second-order valence-corrected chi connectivity index (χ2v) is 11.4. The third-order valence-electron chi connectivity index (χ3n) is 5.58. The quantitative estimate of drug-likeness (QED) is 0.122. The van der Waals surface area contributed by atoms with Crippen LogP contribution in [0.5, 0.6) is 5.75 Å². The van der Waals surface area contributed by atoms with Crippen LogP contribution in [0.1, 0.15) is 55.6 Å². The van der Waals surface area contributed by atoms with E-state index in [1.807, 2.05) is 0 Å². The molecular weight excluding hydrogens is 573 g/mol. The van der Waals surface area contributed by atoms with Gasteiger partial charge in [0, 0.05) is 6.42 Å². The van der Waals surface area contributed by atoms with E-state index in [9.17, 15) is 40.0 Å². The van der Waals surface area contributed by atoms with Gasteiger partial charge < -0.3 is 14.2 Å². The molecule has 0 aliphatic rings. The van der Waals surface area contributed by atoms with E-state index in [1.54, 1.807) is 45.0 Å². The van der Waals surface area contributed by atoms with Crippen LogP contribution in [0, 0.1) is 11.6 Å². The van der Waals surface area contributed by atoms with Gasteiger partial charge in [0.15, 0.2) is 5.78 Å². The number of hydrogen-bond donors (Lipinski definition) is 1. The topological polar surface area (TPSA) is 98.8 Å². The molecular formula is C28H26F5NO6S. The van der Waals surface area contributed by atoms with Gasteiger partial charge in [-0.15, -0.1) is 0 Å². The van der Waals surface area contributed by atoms with E-state index in [0.29, 0.717) is 16.7 Å². The fourth-order valence-corrected chi connectivity index (χ4v) is 4.18. The van der Waals surface area contributed by atoms with Crippen LogP contribution in [0.15, 0.2) is 66.7 Å². The monoisotopic (exact) mass is 599 g/mol. The van der Waals surface area contributed by atoms with Crippen molar-refractivity contribution in [2.45, 2.75) is 50.8 Å². The van der Waals surface area contributed by atoms with Crippen LogP contribution in [0.3, 0.4) is 0 Å². The molecule has 0 aromatic heterocycles. The number of halogens is 5. The highest BCUT2D eigenvalue weighted by molar-refractivity contribution is 7.88. The third-order valence-corrected chi connectivity index (χ3v) is 6.56. The largest absolute Gasteiger partial charge is 0.534 e. The summed E-state index contributed by atoms with van der Waals surface area (Å²) in [5.41, 5.74) is -5.44. The number of benzene rings is 3. The summed E-state index contributed by atoms with van der Waals surface area (Å²) in [6.45, 7) is 4.99. The van der Waals surface area contributed by atoms with Gasteiger partial charge in [-0.05, 0) is 68.1 Å². The number of ether oxygens (including phenoxy) is 1. The maximum absolute atomic E-state index is 14.1. The van der Waals surface area contributed by atoms with Crippen molar-refractivity contribution in [3.05, 3.63) is 89.5 Å². The molecule has 0 bridgehead atoms. The van der Waals surface area contributed by atoms with E-state index >= 15 is 0 Å². The second kappa shape index (κ2) is 12.2. The summed E-state index contributed by atoms with van der Waals surface area (Å²) in [7, 11) is -5.81. The molecule has 1 amide bonds. The van der Waals surface area contributed by atoms with Crippen molar-refractivity contribution in [1.82, 2.24) is 5.32 Å². The Hall–Kier alpha value is -4.00. The smallest absolute Gasteiger partial charge is 0.444 e. The van der Waals surface area contributed by atoms with Crippen LogP contribution in [0.4, 0.5) is 26.7 Å². The standard InChI is InChI=1S/C28H26F5NO6S/c1-27(2,3)39-26(36)34-23(15-16-24(35)25-21(29)5-4-6-22(25)30)19-9-7-17(8-10-19)18-11-13-20(14-12-18)40-41(37,38)28(31,32)33/h4-14,23H,15-16H2,1-3H3,(H,34,36)/t23-/m1/s1. The van der Waals surface area contributed by atoms with Crippen LogP contribution < -0.4 is 9.50 Å². The van der Waals surface area contributed by atoms with Crippen molar-refractivity contribution in [1.29, 1.82) is 0 Å². The average Bonchev–Trinajstić information content (AvgIpc) is 2.85. The summed E-state index contributed by atoms with van der Waals surface area (Å²) in [6, 6.07) is 13.6. The van der Waals surface area contributed by atoms with E-state index in [1.165, 1.54) is 12.1 Å². The fraction of sp³-hybridized carbons (Fsp3) is 0.286. The lowest BCUT2D eigenvalue weighted by molar-refractivity contribution is -0.0500. The number of hydrogen-bond acceptors (Lipinski definition) is 6. The van der Waals surface area contributed by atoms with Crippen molar-refractivity contribution in [3.63, 3.8) is 0 Å². The first kappa shape index (κ1) is 31.5. The van der Waals surface area contributed by atoms with Crippen molar-refractivity contribution in [3.8, 4) is 16.9 Å². The average molecular weight is 600 g/mol. The first-order valence-electron chi connectivity index (χ1n) is 12.1. The number of alkyl carbamates (subject to hydrolysis) is 1. The molecule has 1 atom stereocenters. The Morgan fingerprint density at radius 1 is 0.854 bits per heavy atom. The maximum atomic E-state index is 14.1. The van der Waals surface area contributed by atoms with Crippen LogP contribution >= 0.6 is 0 Å². The van der Waals surface area contributed by atoms with Crippen molar-refractivity contribution in [2.75, 3.05) is 0 Å². The zero-order chi connectivity index (χ0) is 30.6. The van der Waals surface area contributed by atoms with E-state index in [4.69, 9.17) is 4.74 Å². The number of amides is 1. The van der Waals surface area contributed by atoms with Crippen LogP contribution in [0.2, 0.25) is 0 Å². The predicted octanol–water partition coefficient (Wildman–Crippen LogP) is 7.09. The van der Waals surface area contributed by atoms with Gasteiger partial charge in [-0.2, -0.15) is 21.6 Å². The zero-order valence-corrected chi connectivity index (χ0v) is 22.9. The highest BCUT2D eigenvalue weighted by Crippen LogP contribution is 2.30. The molecule has 220 valence electrons. The summed E-state index contributed by atoms with van der Waals surface area (Å²) in [6.07, 6.45) is -1.10. The number of Topliss-reactive ketones (excluding diaryl/α,β-unsaturated/α-hetero) is 1. The SMILES string of the molecule is CC(C)(C)OC(=O)N[C@H](CCC(=O)c1c(F)cccc1F)c1ccc(-c2ccc(OS(=O)(=O)C(F)(F)F)cc2)cc1.